The molecule has 1 heterocycles. The van der Waals surface area contributed by atoms with E-state index in [4.69, 9.17) is 22.1 Å². The monoisotopic (exact) mass is 324 g/mol. The molecule has 0 amide bonds. The third kappa shape index (κ3) is 4.61. The molecule has 7 heteroatoms. The van der Waals surface area contributed by atoms with Crippen molar-refractivity contribution >= 4 is 40.1 Å². The van der Waals surface area contributed by atoms with E-state index in [1.165, 1.54) is 11.3 Å². The predicted molar refractivity (Wildman–Crippen MR) is 89.5 cm³/mol. The topological polar surface area (TPSA) is 72.5 Å². The van der Waals surface area contributed by atoms with E-state index in [1.807, 2.05) is 18.2 Å². The van der Waals surface area contributed by atoms with Crippen LogP contribution < -0.4 is 15.9 Å². The molecule has 0 radical (unpaired) electrons. The highest BCUT2D eigenvalue weighted by Gasteiger charge is 2.03. The first kappa shape index (κ1) is 15.6. The molecule has 3 N–H and O–H groups in total. The minimum atomic E-state index is 0.400. The lowest BCUT2D eigenvalue weighted by Gasteiger charge is -2.09. The zero-order valence-corrected chi connectivity index (χ0v) is 13.2. The number of alkyl halides is 1. The summed E-state index contributed by atoms with van der Waals surface area (Å²) in [7, 11) is 0. The fourth-order valence-corrected chi connectivity index (χ4v) is 2.39. The van der Waals surface area contributed by atoms with E-state index >= 15 is 0 Å². The first-order valence-electron chi connectivity index (χ1n) is 6.54. The van der Waals surface area contributed by atoms with Crippen molar-refractivity contribution in [2.24, 2.45) is 5.10 Å². The molecule has 0 atom stereocenters. The van der Waals surface area contributed by atoms with Crippen LogP contribution in [0, 0.1) is 0 Å². The Hall–Kier alpha value is -1.79. The van der Waals surface area contributed by atoms with Crippen LogP contribution in [0.1, 0.15) is 24.5 Å². The molecule has 0 saturated heterocycles. The average molecular weight is 325 g/mol. The van der Waals surface area contributed by atoms with E-state index in [0.29, 0.717) is 23.4 Å². The second-order valence-corrected chi connectivity index (χ2v) is 5.42. The smallest absolute Gasteiger partial charge is 0.205 e. The number of hydrogen-bond donors (Lipinski definition) is 2. The summed E-state index contributed by atoms with van der Waals surface area (Å²) in [6, 6.07) is 5.80. The average Bonchev–Trinajstić information content (AvgIpc) is 2.91. The molecule has 0 fully saturated rings. The van der Waals surface area contributed by atoms with Gasteiger partial charge in [0.2, 0.25) is 5.13 Å². The van der Waals surface area contributed by atoms with Gasteiger partial charge in [0, 0.05) is 10.9 Å². The van der Waals surface area contributed by atoms with Gasteiger partial charge in [-0.1, -0.05) is 6.92 Å². The second-order valence-electron chi connectivity index (χ2n) is 4.30. The van der Waals surface area contributed by atoms with Crippen molar-refractivity contribution in [2.75, 3.05) is 17.8 Å². The molecular weight excluding hydrogens is 308 g/mol. The van der Waals surface area contributed by atoms with Gasteiger partial charge < -0.3 is 10.5 Å². The lowest BCUT2D eigenvalue weighted by molar-refractivity contribution is 0.315. The van der Waals surface area contributed by atoms with Gasteiger partial charge in [0.1, 0.15) is 11.6 Å². The van der Waals surface area contributed by atoms with Crippen molar-refractivity contribution in [1.82, 2.24) is 4.98 Å². The molecule has 0 aliphatic rings. The highest BCUT2D eigenvalue weighted by molar-refractivity contribution is 7.14. The lowest BCUT2D eigenvalue weighted by Crippen LogP contribution is -1.99. The summed E-state index contributed by atoms with van der Waals surface area (Å²) in [6.07, 6.45) is 2.67. The van der Waals surface area contributed by atoms with Crippen LogP contribution in [0.2, 0.25) is 0 Å². The number of nitrogens with two attached hydrogens (primary N) is 1. The van der Waals surface area contributed by atoms with Crippen molar-refractivity contribution in [1.29, 1.82) is 0 Å². The number of hydrazone groups is 1. The van der Waals surface area contributed by atoms with Gasteiger partial charge in [0.15, 0.2) is 0 Å². The number of thiazole rings is 1. The van der Waals surface area contributed by atoms with Crippen LogP contribution in [-0.2, 0) is 5.88 Å². The van der Waals surface area contributed by atoms with Crippen LogP contribution in [0.5, 0.6) is 5.75 Å². The molecule has 0 aliphatic carbocycles. The normalized spacial score (nSPS) is 11.0. The van der Waals surface area contributed by atoms with Crippen molar-refractivity contribution in [3.05, 3.63) is 34.7 Å². The zero-order chi connectivity index (χ0) is 15.1. The van der Waals surface area contributed by atoms with E-state index in [0.717, 1.165) is 23.3 Å². The van der Waals surface area contributed by atoms with Gasteiger partial charge in [0.25, 0.3) is 0 Å². The molecular formula is C14H17ClN4OS. The minimum absolute atomic E-state index is 0.400. The largest absolute Gasteiger partial charge is 0.493 e. The van der Waals surface area contributed by atoms with Gasteiger partial charge in [-0.25, -0.2) is 4.98 Å². The molecule has 2 rings (SSSR count). The molecule has 21 heavy (non-hydrogen) atoms. The van der Waals surface area contributed by atoms with Gasteiger partial charge in [-0.3, -0.25) is 5.43 Å². The van der Waals surface area contributed by atoms with Gasteiger partial charge >= 0.3 is 0 Å². The molecule has 2 aromatic rings. The fourth-order valence-electron chi connectivity index (χ4n) is 1.64. The third-order valence-corrected chi connectivity index (χ3v) is 3.64. The maximum Gasteiger partial charge on any atom is 0.205 e. The van der Waals surface area contributed by atoms with E-state index < -0.39 is 0 Å². The summed E-state index contributed by atoms with van der Waals surface area (Å²) in [5, 5.41) is 6.54. The summed E-state index contributed by atoms with van der Waals surface area (Å²) in [5.74, 6) is 1.71. The number of benzene rings is 1. The van der Waals surface area contributed by atoms with Crippen LogP contribution in [0.3, 0.4) is 0 Å². The number of hydrogen-bond acceptors (Lipinski definition) is 6. The second kappa shape index (κ2) is 7.85. The molecule has 5 nitrogen and oxygen atoms in total. The molecule has 1 aromatic heterocycles. The SMILES string of the molecule is CCCOc1ccc(C=NNc2nc(N)cs2)cc1CCl. The Kier molecular flexibility index (Phi) is 5.83. The molecule has 0 spiro atoms. The lowest BCUT2D eigenvalue weighted by atomic mass is 10.1. The summed E-state index contributed by atoms with van der Waals surface area (Å²) < 4.78 is 5.64. The Bertz CT molecular complexity index is 615. The van der Waals surface area contributed by atoms with Crippen molar-refractivity contribution in [2.45, 2.75) is 19.2 Å². The number of nitrogens with one attached hydrogen (secondary N) is 1. The molecule has 0 bridgehead atoms. The standard InChI is InChI=1S/C14H17ClN4OS/c1-2-5-20-12-4-3-10(6-11(12)7-15)8-17-19-14-18-13(16)9-21-14/h3-4,6,8-9H,2,5,7,16H2,1H3,(H,18,19). The third-order valence-electron chi connectivity index (χ3n) is 2.59. The number of anilines is 2. The van der Waals surface area contributed by atoms with Crippen molar-refractivity contribution in [3.63, 3.8) is 0 Å². The Morgan fingerprint density at radius 1 is 1.52 bits per heavy atom. The maximum atomic E-state index is 5.95. The first-order valence-corrected chi connectivity index (χ1v) is 7.96. The van der Waals surface area contributed by atoms with E-state index in [9.17, 15) is 0 Å². The van der Waals surface area contributed by atoms with Crippen LogP contribution in [0.4, 0.5) is 10.9 Å². The quantitative estimate of drug-likeness (QED) is 0.463. The Labute approximate surface area is 132 Å². The Morgan fingerprint density at radius 3 is 3.05 bits per heavy atom. The van der Waals surface area contributed by atoms with Crippen LogP contribution >= 0.6 is 22.9 Å². The van der Waals surface area contributed by atoms with Crippen LogP contribution in [-0.4, -0.2) is 17.8 Å². The molecule has 112 valence electrons. The van der Waals surface area contributed by atoms with Gasteiger partial charge in [-0.15, -0.1) is 22.9 Å². The van der Waals surface area contributed by atoms with Gasteiger partial charge in [-0.2, -0.15) is 5.10 Å². The van der Waals surface area contributed by atoms with E-state index in [1.54, 1.807) is 11.6 Å². The predicted octanol–water partition coefficient (Wildman–Crippen LogP) is 3.70. The number of rotatable bonds is 7. The number of nitrogen functional groups attached to an aromatic ring is 1. The van der Waals surface area contributed by atoms with Gasteiger partial charge in [-0.05, 0) is 30.2 Å². The number of ether oxygens (including phenoxy) is 1. The van der Waals surface area contributed by atoms with Crippen molar-refractivity contribution < 1.29 is 4.74 Å². The van der Waals surface area contributed by atoms with Crippen molar-refractivity contribution in [3.8, 4) is 5.75 Å². The number of aromatic nitrogens is 1. The highest BCUT2D eigenvalue weighted by Crippen LogP contribution is 2.22. The van der Waals surface area contributed by atoms with Crippen LogP contribution in [0.25, 0.3) is 0 Å². The Morgan fingerprint density at radius 2 is 2.38 bits per heavy atom. The van der Waals surface area contributed by atoms with Gasteiger partial charge in [0.05, 0.1) is 18.7 Å². The number of nitrogens with zero attached hydrogens (tertiary/aromatic N) is 2. The summed E-state index contributed by atoms with van der Waals surface area (Å²) in [5.41, 5.74) is 10.3. The molecule has 0 unspecified atom stereocenters. The van der Waals surface area contributed by atoms with E-state index in [2.05, 4.69) is 22.4 Å². The number of halogens is 1. The molecule has 0 aliphatic heterocycles. The summed E-state index contributed by atoms with van der Waals surface area (Å²) in [6.45, 7) is 2.75. The highest BCUT2D eigenvalue weighted by atomic mass is 35.5. The van der Waals surface area contributed by atoms with E-state index in [-0.39, 0.29) is 0 Å². The fraction of sp³-hybridized carbons (Fsp3) is 0.286. The first-order chi connectivity index (χ1) is 10.2. The molecule has 1 aromatic carbocycles. The van der Waals surface area contributed by atoms with Crippen LogP contribution in [0.15, 0.2) is 28.7 Å². The summed E-state index contributed by atoms with van der Waals surface area (Å²) >= 11 is 7.36. The summed E-state index contributed by atoms with van der Waals surface area (Å²) in [4.78, 5) is 4.05. The zero-order valence-electron chi connectivity index (χ0n) is 11.7. The minimum Gasteiger partial charge on any atom is -0.493 e. The Balaban J connectivity index is 2.02. The molecule has 0 saturated carbocycles. The maximum absolute atomic E-state index is 5.95.